The molecule has 0 atom stereocenters. The molecule has 0 bridgehead atoms. The second-order valence-corrected chi connectivity index (χ2v) is 5.30. The predicted octanol–water partition coefficient (Wildman–Crippen LogP) is 4.10. The predicted molar refractivity (Wildman–Crippen MR) is 75.6 cm³/mol. The van der Waals surface area contributed by atoms with E-state index in [0.29, 0.717) is 9.92 Å². The van der Waals surface area contributed by atoms with Crippen LogP contribution in [-0.2, 0) is 0 Å². The van der Waals surface area contributed by atoms with Gasteiger partial charge in [0.15, 0.2) is 0 Å². The lowest BCUT2D eigenvalue weighted by Crippen LogP contribution is -2.02. The van der Waals surface area contributed by atoms with Gasteiger partial charge in [-0.1, -0.05) is 35.5 Å². The number of hydrogen-bond donors (Lipinski definition) is 1. The van der Waals surface area contributed by atoms with Gasteiger partial charge in [0.1, 0.15) is 4.90 Å². The van der Waals surface area contributed by atoms with Gasteiger partial charge in [-0.15, -0.1) is 0 Å². The van der Waals surface area contributed by atoms with Crippen LogP contribution in [-0.4, -0.2) is 16.0 Å². The van der Waals surface area contributed by atoms with Crippen molar-refractivity contribution in [2.45, 2.75) is 9.79 Å². The van der Waals surface area contributed by atoms with E-state index >= 15 is 0 Å². The average molecular weight is 310 g/mol. The Hall–Kier alpha value is -2.05. The molecule has 7 heteroatoms. The summed E-state index contributed by atoms with van der Waals surface area (Å²) in [5.41, 5.74) is -0.348. The first-order valence-electron chi connectivity index (χ1n) is 5.43. The van der Waals surface area contributed by atoms with Crippen molar-refractivity contribution in [3.05, 3.63) is 63.2 Å². The van der Waals surface area contributed by atoms with Gasteiger partial charge in [0.05, 0.1) is 10.5 Å². The molecular weight excluding hydrogens is 302 g/mol. The topological polar surface area (TPSA) is 80.4 Å². The van der Waals surface area contributed by atoms with Crippen LogP contribution in [0.5, 0.6) is 0 Å². The van der Waals surface area contributed by atoms with Crippen molar-refractivity contribution in [2.75, 3.05) is 0 Å². The molecule has 0 aliphatic heterocycles. The number of carboxylic acids is 1. The molecule has 20 heavy (non-hydrogen) atoms. The summed E-state index contributed by atoms with van der Waals surface area (Å²) in [7, 11) is 0. The molecule has 0 aromatic heterocycles. The highest BCUT2D eigenvalue weighted by atomic mass is 35.5. The van der Waals surface area contributed by atoms with Crippen LogP contribution in [0.3, 0.4) is 0 Å². The summed E-state index contributed by atoms with van der Waals surface area (Å²) in [6.45, 7) is 0. The molecule has 5 nitrogen and oxygen atoms in total. The smallest absolute Gasteiger partial charge is 0.337 e. The van der Waals surface area contributed by atoms with Crippen molar-refractivity contribution in [1.29, 1.82) is 0 Å². The fraction of sp³-hybridized carbons (Fsp3) is 0. The Balaban J connectivity index is 2.53. The number of nitro groups is 1. The number of aromatic carboxylic acids is 1. The maximum Gasteiger partial charge on any atom is 0.337 e. The Morgan fingerprint density at radius 2 is 1.95 bits per heavy atom. The fourth-order valence-corrected chi connectivity index (χ4v) is 2.93. The highest BCUT2D eigenvalue weighted by molar-refractivity contribution is 7.99. The number of nitro benzene ring substituents is 1. The standard InChI is InChI=1S/C13H8ClNO4S/c14-8-3-1-4-9(7-8)20-12-10(13(16)17)5-2-6-11(12)15(18)19/h1-7H,(H,16,17). The van der Waals surface area contributed by atoms with Crippen LogP contribution in [0, 0.1) is 10.1 Å². The normalized spacial score (nSPS) is 10.2. The number of hydrogen-bond acceptors (Lipinski definition) is 4. The Kier molecular flexibility index (Phi) is 4.26. The summed E-state index contributed by atoms with van der Waals surface area (Å²) in [6.07, 6.45) is 0. The van der Waals surface area contributed by atoms with Gasteiger partial charge in [-0.2, -0.15) is 0 Å². The van der Waals surface area contributed by atoms with E-state index in [1.165, 1.54) is 18.2 Å². The third-order valence-corrected chi connectivity index (χ3v) is 3.80. The molecule has 2 aromatic rings. The number of carboxylic acid groups (broad SMARTS) is 1. The Morgan fingerprint density at radius 3 is 2.55 bits per heavy atom. The van der Waals surface area contributed by atoms with Gasteiger partial charge < -0.3 is 5.11 Å². The van der Waals surface area contributed by atoms with Crippen LogP contribution in [0.2, 0.25) is 5.02 Å². The van der Waals surface area contributed by atoms with E-state index in [1.807, 2.05) is 0 Å². The van der Waals surface area contributed by atoms with E-state index in [9.17, 15) is 14.9 Å². The van der Waals surface area contributed by atoms with Gasteiger partial charge in [0, 0.05) is 16.0 Å². The zero-order valence-corrected chi connectivity index (χ0v) is 11.5. The zero-order chi connectivity index (χ0) is 14.7. The molecule has 2 rings (SSSR count). The van der Waals surface area contributed by atoms with E-state index < -0.39 is 10.9 Å². The fourth-order valence-electron chi connectivity index (χ4n) is 1.59. The molecule has 0 unspecified atom stereocenters. The molecule has 0 saturated carbocycles. The first-order chi connectivity index (χ1) is 9.49. The zero-order valence-electron chi connectivity index (χ0n) is 9.95. The molecule has 2 aromatic carbocycles. The third kappa shape index (κ3) is 3.09. The van der Waals surface area contributed by atoms with Crippen LogP contribution in [0.15, 0.2) is 52.3 Å². The molecule has 0 fully saturated rings. The minimum Gasteiger partial charge on any atom is -0.478 e. The van der Waals surface area contributed by atoms with E-state index in [-0.39, 0.29) is 16.1 Å². The lowest BCUT2D eigenvalue weighted by Gasteiger charge is -2.06. The average Bonchev–Trinajstić information content (AvgIpc) is 2.38. The number of rotatable bonds is 4. The van der Waals surface area contributed by atoms with Crippen LogP contribution >= 0.6 is 23.4 Å². The van der Waals surface area contributed by atoms with Crippen molar-refractivity contribution < 1.29 is 14.8 Å². The third-order valence-electron chi connectivity index (χ3n) is 2.44. The Bertz CT molecular complexity index is 658. The van der Waals surface area contributed by atoms with E-state index in [0.717, 1.165) is 11.8 Å². The summed E-state index contributed by atoms with van der Waals surface area (Å²) in [5.74, 6) is -1.21. The van der Waals surface area contributed by atoms with Crippen molar-refractivity contribution in [1.82, 2.24) is 0 Å². The molecule has 0 aliphatic carbocycles. The van der Waals surface area contributed by atoms with Crippen molar-refractivity contribution >= 4 is 35.0 Å². The molecule has 1 N–H and O–H groups in total. The molecule has 0 radical (unpaired) electrons. The largest absolute Gasteiger partial charge is 0.478 e. The van der Waals surface area contributed by atoms with Crippen LogP contribution in [0.4, 0.5) is 5.69 Å². The number of carbonyl (C=O) groups is 1. The molecule has 0 aliphatic rings. The molecule has 0 amide bonds. The van der Waals surface area contributed by atoms with Crippen LogP contribution in [0.25, 0.3) is 0 Å². The Morgan fingerprint density at radius 1 is 1.25 bits per heavy atom. The number of halogens is 1. The number of benzene rings is 2. The maximum absolute atomic E-state index is 11.2. The highest BCUT2D eigenvalue weighted by Crippen LogP contribution is 2.38. The van der Waals surface area contributed by atoms with Crippen molar-refractivity contribution in [3.8, 4) is 0 Å². The first kappa shape index (κ1) is 14.4. The molecule has 0 heterocycles. The summed E-state index contributed by atoms with van der Waals surface area (Å²) < 4.78 is 0. The SMILES string of the molecule is O=C(O)c1cccc([N+](=O)[O-])c1Sc1cccc(Cl)c1. The minimum atomic E-state index is -1.21. The molecule has 0 saturated heterocycles. The molecular formula is C13H8ClNO4S. The molecule has 102 valence electrons. The maximum atomic E-state index is 11.2. The quantitative estimate of drug-likeness (QED) is 0.679. The minimum absolute atomic E-state index is 0.0901. The summed E-state index contributed by atoms with van der Waals surface area (Å²) in [4.78, 5) is 22.3. The van der Waals surface area contributed by atoms with Gasteiger partial charge in [-0.05, 0) is 24.3 Å². The summed E-state index contributed by atoms with van der Waals surface area (Å²) in [6, 6.07) is 10.7. The van der Waals surface area contributed by atoms with Gasteiger partial charge in [-0.25, -0.2) is 4.79 Å². The monoisotopic (exact) mass is 309 g/mol. The van der Waals surface area contributed by atoms with Crippen molar-refractivity contribution in [3.63, 3.8) is 0 Å². The lowest BCUT2D eigenvalue weighted by molar-refractivity contribution is -0.387. The van der Waals surface area contributed by atoms with Gasteiger partial charge in [0.25, 0.3) is 5.69 Å². The molecule has 0 spiro atoms. The van der Waals surface area contributed by atoms with Gasteiger partial charge in [-0.3, -0.25) is 10.1 Å². The van der Waals surface area contributed by atoms with E-state index in [4.69, 9.17) is 16.7 Å². The van der Waals surface area contributed by atoms with E-state index in [2.05, 4.69) is 0 Å². The number of nitrogens with zero attached hydrogens (tertiary/aromatic N) is 1. The summed E-state index contributed by atoms with van der Waals surface area (Å²) in [5, 5.41) is 20.6. The van der Waals surface area contributed by atoms with Crippen molar-refractivity contribution in [2.24, 2.45) is 0 Å². The lowest BCUT2D eigenvalue weighted by atomic mass is 10.2. The second-order valence-electron chi connectivity index (χ2n) is 3.78. The van der Waals surface area contributed by atoms with E-state index in [1.54, 1.807) is 24.3 Å². The highest BCUT2D eigenvalue weighted by Gasteiger charge is 2.22. The summed E-state index contributed by atoms with van der Waals surface area (Å²) >= 11 is 6.86. The van der Waals surface area contributed by atoms with Crippen LogP contribution < -0.4 is 0 Å². The van der Waals surface area contributed by atoms with Crippen LogP contribution in [0.1, 0.15) is 10.4 Å². The second kappa shape index (κ2) is 5.94. The Labute approximate surface area is 123 Å². The first-order valence-corrected chi connectivity index (χ1v) is 6.62. The van der Waals surface area contributed by atoms with Gasteiger partial charge >= 0.3 is 5.97 Å². The van der Waals surface area contributed by atoms with Gasteiger partial charge in [0.2, 0.25) is 0 Å².